The molecular formula is C20H23F3N2O4. The molecule has 1 aliphatic rings. The van der Waals surface area contributed by atoms with Crippen LogP contribution in [0.4, 0.5) is 13.2 Å². The average molecular weight is 412 g/mol. The third-order valence-electron chi connectivity index (χ3n) is 4.65. The molecule has 9 heteroatoms. The largest absolute Gasteiger partial charge is 0.573 e. The van der Waals surface area contributed by atoms with Gasteiger partial charge in [-0.3, -0.25) is 9.80 Å². The highest BCUT2D eigenvalue weighted by Crippen LogP contribution is 2.24. The Bertz CT molecular complexity index is 822. The molecular weight excluding hydrogens is 389 g/mol. The van der Waals surface area contributed by atoms with Gasteiger partial charge in [-0.2, -0.15) is 0 Å². The van der Waals surface area contributed by atoms with Crippen molar-refractivity contribution in [3.05, 3.63) is 53.5 Å². The van der Waals surface area contributed by atoms with Gasteiger partial charge in [-0.1, -0.05) is 12.1 Å². The van der Waals surface area contributed by atoms with Crippen LogP contribution in [0, 0.1) is 0 Å². The number of furan rings is 1. The van der Waals surface area contributed by atoms with E-state index in [4.69, 9.17) is 4.42 Å². The molecule has 2 aromatic rings. The van der Waals surface area contributed by atoms with Gasteiger partial charge in [0, 0.05) is 19.6 Å². The normalized spacial score (nSPS) is 16.4. The molecule has 3 rings (SSSR count). The van der Waals surface area contributed by atoms with Gasteiger partial charge in [0.05, 0.1) is 13.7 Å². The molecule has 1 saturated heterocycles. The lowest BCUT2D eigenvalue weighted by atomic mass is 10.2. The summed E-state index contributed by atoms with van der Waals surface area (Å²) in [6, 6.07) is 9.45. The summed E-state index contributed by atoms with van der Waals surface area (Å²) in [5.74, 6) is 0.163. The molecule has 0 unspecified atom stereocenters. The number of halogens is 3. The van der Waals surface area contributed by atoms with Crippen LogP contribution in [0.1, 0.15) is 28.3 Å². The zero-order valence-corrected chi connectivity index (χ0v) is 16.1. The van der Waals surface area contributed by atoms with E-state index < -0.39 is 12.3 Å². The van der Waals surface area contributed by atoms with E-state index in [1.165, 1.54) is 19.2 Å². The van der Waals surface area contributed by atoms with Crippen LogP contribution in [0.5, 0.6) is 5.75 Å². The number of esters is 1. The third kappa shape index (κ3) is 6.50. The fraction of sp³-hybridized carbons (Fsp3) is 0.450. The van der Waals surface area contributed by atoms with Gasteiger partial charge in [0.2, 0.25) is 5.76 Å². The number of carbonyl (C=O) groups excluding carboxylic acids is 1. The summed E-state index contributed by atoms with van der Waals surface area (Å²) in [6.07, 6.45) is -3.77. The van der Waals surface area contributed by atoms with Crippen LogP contribution in [0.2, 0.25) is 0 Å². The minimum Gasteiger partial charge on any atom is -0.463 e. The summed E-state index contributed by atoms with van der Waals surface area (Å²) in [7, 11) is 1.30. The second kappa shape index (κ2) is 9.32. The minimum absolute atomic E-state index is 0.180. The van der Waals surface area contributed by atoms with Crippen LogP contribution in [-0.4, -0.2) is 55.4 Å². The fourth-order valence-corrected chi connectivity index (χ4v) is 3.33. The quantitative estimate of drug-likeness (QED) is 0.675. The summed E-state index contributed by atoms with van der Waals surface area (Å²) < 4.78 is 51.4. The Morgan fingerprint density at radius 2 is 1.79 bits per heavy atom. The zero-order chi connectivity index (χ0) is 20.9. The summed E-state index contributed by atoms with van der Waals surface area (Å²) in [5.41, 5.74) is 0.772. The predicted molar refractivity (Wildman–Crippen MR) is 98.3 cm³/mol. The second-order valence-corrected chi connectivity index (χ2v) is 6.86. The third-order valence-corrected chi connectivity index (χ3v) is 4.65. The van der Waals surface area contributed by atoms with E-state index in [1.807, 2.05) is 0 Å². The van der Waals surface area contributed by atoms with E-state index >= 15 is 0 Å². The molecule has 2 heterocycles. The van der Waals surface area contributed by atoms with E-state index in [0.29, 0.717) is 18.8 Å². The number of hydrogen-bond acceptors (Lipinski definition) is 6. The number of rotatable bonds is 6. The van der Waals surface area contributed by atoms with Crippen molar-refractivity contribution in [2.24, 2.45) is 0 Å². The Morgan fingerprint density at radius 1 is 1.07 bits per heavy atom. The first kappa shape index (κ1) is 21.2. The number of alkyl halides is 3. The van der Waals surface area contributed by atoms with Gasteiger partial charge < -0.3 is 13.9 Å². The molecule has 0 saturated carbocycles. The molecule has 6 nitrogen and oxygen atoms in total. The molecule has 1 fully saturated rings. The molecule has 0 spiro atoms. The first-order valence-electron chi connectivity index (χ1n) is 9.29. The Hall–Kier alpha value is -2.52. The zero-order valence-electron chi connectivity index (χ0n) is 16.1. The smallest absolute Gasteiger partial charge is 0.463 e. The van der Waals surface area contributed by atoms with Gasteiger partial charge in [-0.15, -0.1) is 13.2 Å². The summed E-state index contributed by atoms with van der Waals surface area (Å²) in [6.45, 7) is 4.40. The minimum atomic E-state index is -4.69. The molecule has 0 amide bonds. The number of nitrogens with zero attached hydrogens (tertiary/aromatic N) is 2. The molecule has 0 N–H and O–H groups in total. The summed E-state index contributed by atoms with van der Waals surface area (Å²) in [5, 5.41) is 0. The van der Waals surface area contributed by atoms with E-state index in [1.54, 1.807) is 24.3 Å². The second-order valence-electron chi connectivity index (χ2n) is 6.86. The standard InChI is InChI=1S/C20H23F3N2O4/c1-27-19(26)18-7-6-17(28-18)14-25-9-3-8-24(10-11-25)13-15-4-2-5-16(12-15)29-20(21,22)23/h2,4-7,12H,3,8-11,13-14H2,1H3. The highest BCUT2D eigenvalue weighted by molar-refractivity contribution is 5.86. The number of ether oxygens (including phenoxy) is 2. The van der Waals surface area contributed by atoms with Gasteiger partial charge in [0.15, 0.2) is 0 Å². The number of carbonyl (C=O) groups is 1. The fourth-order valence-electron chi connectivity index (χ4n) is 3.33. The van der Waals surface area contributed by atoms with Gasteiger partial charge in [0.25, 0.3) is 0 Å². The van der Waals surface area contributed by atoms with E-state index in [9.17, 15) is 18.0 Å². The summed E-state index contributed by atoms with van der Waals surface area (Å²) >= 11 is 0. The van der Waals surface area contributed by atoms with E-state index in [-0.39, 0.29) is 11.5 Å². The topological polar surface area (TPSA) is 55.2 Å². The predicted octanol–water partition coefficient (Wildman–Crippen LogP) is 3.67. The van der Waals surface area contributed by atoms with Gasteiger partial charge in [-0.05, 0) is 49.3 Å². The Labute approximate surface area is 166 Å². The number of benzene rings is 1. The molecule has 1 aliphatic heterocycles. The maximum absolute atomic E-state index is 12.4. The Morgan fingerprint density at radius 3 is 2.48 bits per heavy atom. The monoisotopic (exact) mass is 412 g/mol. The van der Waals surface area contributed by atoms with Crippen molar-refractivity contribution in [3.8, 4) is 5.75 Å². The first-order valence-corrected chi connectivity index (χ1v) is 9.29. The lowest BCUT2D eigenvalue weighted by molar-refractivity contribution is -0.274. The lowest BCUT2D eigenvalue weighted by Gasteiger charge is -2.21. The van der Waals surface area contributed by atoms with Crippen LogP contribution in [0.15, 0.2) is 40.8 Å². The molecule has 158 valence electrons. The summed E-state index contributed by atoms with van der Waals surface area (Å²) in [4.78, 5) is 15.9. The first-order chi connectivity index (χ1) is 13.8. The molecule has 1 aromatic heterocycles. The lowest BCUT2D eigenvalue weighted by Crippen LogP contribution is -2.30. The Kier molecular flexibility index (Phi) is 6.81. The highest BCUT2D eigenvalue weighted by Gasteiger charge is 2.31. The van der Waals surface area contributed by atoms with Crippen LogP contribution in [0.3, 0.4) is 0 Å². The van der Waals surface area contributed by atoms with Crippen molar-refractivity contribution in [1.29, 1.82) is 0 Å². The maximum atomic E-state index is 12.4. The van der Waals surface area contributed by atoms with Gasteiger partial charge >= 0.3 is 12.3 Å². The molecule has 0 radical (unpaired) electrons. The van der Waals surface area contributed by atoms with Crippen molar-refractivity contribution in [2.45, 2.75) is 25.9 Å². The molecule has 0 atom stereocenters. The molecule has 1 aromatic carbocycles. The number of methoxy groups -OCH3 is 1. The van der Waals surface area contributed by atoms with E-state index in [0.717, 1.165) is 38.2 Å². The van der Waals surface area contributed by atoms with E-state index in [2.05, 4.69) is 19.3 Å². The molecule has 0 bridgehead atoms. The molecule has 29 heavy (non-hydrogen) atoms. The van der Waals surface area contributed by atoms with Gasteiger partial charge in [-0.25, -0.2) is 4.79 Å². The van der Waals surface area contributed by atoms with Gasteiger partial charge in [0.1, 0.15) is 11.5 Å². The SMILES string of the molecule is COC(=O)c1ccc(CN2CCCN(Cc3cccc(OC(F)(F)F)c3)CC2)o1. The average Bonchev–Trinajstić information content (AvgIpc) is 3.01. The van der Waals surface area contributed by atoms with Crippen LogP contribution < -0.4 is 4.74 Å². The van der Waals surface area contributed by atoms with Crippen molar-refractivity contribution in [3.63, 3.8) is 0 Å². The van der Waals surface area contributed by atoms with Crippen molar-refractivity contribution in [2.75, 3.05) is 33.3 Å². The van der Waals surface area contributed by atoms with Crippen LogP contribution in [-0.2, 0) is 17.8 Å². The van der Waals surface area contributed by atoms with Crippen LogP contribution >= 0.6 is 0 Å². The van der Waals surface area contributed by atoms with Crippen molar-refractivity contribution < 1.29 is 31.9 Å². The highest BCUT2D eigenvalue weighted by atomic mass is 19.4. The molecule has 0 aliphatic carbocycles. The Balaban J connectivity index is 1.53. The van der Waals surface area contributed by atoms with Crippen molar-refractivity contribution >= 4 is 5.97 Å². The van der Waals surface area contributed by atoms with Crippen molar-refractivity contribution in [1.82, 2.24) is 9.80 Å². The number of hydrogen-bond donors (Lipinski definition) is 0. The van der Waals surface area contributed by atoms with Crippen LogP contribution in [0.25, 0.3) is 0 Å². The maximum Gasteiger partial charge on any atom is 0.573 e.